The molecule has 0 atom stereocenters. The summed E-state index contributed by atoms with van der Waals surface area (Å²) in [6.07, 6.45) is 0. The van der Waals surface area contributed by atoms with E-state index in [-0.39, 0.29) is 11.4 Å². The van der Waals surface area contributed by atoms with Crippen molar-refractivity contribution in [2.45, 2.75) is 6.04 Å². The number of nitro benzene ring substituents is 2. The van der Waals surface area contributed by atoms with Gasteiger partial charge >= 0.3 is 0 Å². The van der Waals surface area contributed by atoms with Gasteiger partial charge < -0.3 is 4.90 Å². The molecule has 0 radical (unpaired) electrons. The average molecular weight is 356 g/mol. The molecule has 136 valence electrons. The van der Waals surface area contributed by atoms with Gasteiger partial charge in [0.05, 0.1) is 27.0 Å². The van der Waals surface area contributed by atoms with Crippen LogP contribution in [0, 0.1) is 20.2 Å². The van der Waals surface area contributed by atoms with Gasteiger partial charge in [-0.2, -0.15) is 0 Å². The highest BCUT2D eigenvalue weighted by Gasteiger charge is 2.34. The first-order chi connectivity index (χ1) is 12.5. The molecule has 26 heavy (non-hydrogen) atoms. The molecule has 0 aromatic heterocycles. The lowest BCUT2D eigenvalue weighted by Crippen LogP contribution is -2.46. The molecule has 0 bridgehead atoms. The smallest absolute Gasteiger partial charge is 0.274 e. The van der Waals surface area contributed by atoms with Gasteiger partial charge in [0.15, 0.2) is 0 Å². The number of nitro groups is 2. The lowest BCUT2D eigenvalue weighted by Gasteiger charge is -2.38. The first-order valence-corrected chi connectivity index (χ1v) is 8.38. The molecule has 1 fully saturated rings. The molecule has 0 saturated carbocycles. The fourth-order valence-electron chi connectivity index (χ4n) is 3.41. The zero-order valence-corrected chi connectivity index (χ0v) is 14.4. The number of benzene rings is 2. The van der Waals surface area contributed by atoms with Gasteiger partial charge in [0.25, 0.3) is 11.4 Å². The SMILES string of the molecule is CN1CCN(C(c2ccccc2[N+](=O)[O-])c2ccccc2[N+](=O)[O-])CC1. The van der Waals surface area contributed by atoms with Crippen molar-refractivity contribution in [1.82, 2.24) is 9.80 Å². The van der Waals surface area contributed by atoms with Crippen molar-refractivity contribution < 1.29 is 9.85 Å². The Morgan fingerprint density at radius 2 is 1.23 bits per heavy atom. The van der Waals surface area contributed by atoms with Crippen molar-refractivity contribution in [3.63, 3.8) is 0 Å². The van der Waals surface area contributed by atoms with Gasteiger partial charge in [0, 0.05) is 38.3 Å². The van der Waals surface area contributed by atoms with Crippen molar-refractivity contribution in [3.8, 4) is 0 Å². The summed E-state index contributed by atoms with van der Waals surface area (Å²) in [4.78, 5) is 26.5. The molecule has 2 aromatic carbocycles. The molecule has 1 saturated heterocycles. The third kappa shape index (κ3) is 3.56. The summed E-state index contributed by atoms with van der Waals surface area (Å²) in [5.74, 6) is 0. The standard InChI is InChI=1S/C18H20N4O4/c1-19-10-12-20(13-11-19)18(14-6-2-4-8-16(14)21(23)24)15-7-3-5-9-17(15)22(25)26/h2-9,18H,10-13H2,1H3. The van der Waals surface area contributed by atoms with E-state index >= 15 is 0 Å². The number of hydrogen-bond acceptors (Lipinski definition) is 6. The third-order valence-electron chi connectivity index (χ3n) is 4.76. The molecule has 1 aliphatic heterocycles. The van der Waals surface area contributed by atoms with E-state index in [0.29, 0.717) is 24.2 Å². The van der Waals surface area contributed by atoms with E-state index in [1.807, 2.05) is 7.05 Å². The Labute approximate surface area is 150 Å². The van der Waals surface area contributed by atoms with E-state index in [4.69, 9.17) is 0 Å². The first kappa shape index (κ1) is 18.0. The number of hydrogen-bond donors (Lipinski definition) is 0. The van der Waals surface area contributed by atoms with Gasteiger partial charge in [-0.15, -0.1) is 0 Å². The lowest BCUT2D eigenvalue weighted by atomic mass is 9.93. The maximum absolute atomic E-state index is 11.6. The topological polar surface area (TPSA) is 92.8 Å². The van der Waals surface area contributed by atoms with Crippen molar-refractivity contribution in [2.24, 2.45) is 0 Å². The van der Waals surface area contributed by atoms with Crippen LogP contribution in [0.5, 0.6) is 0 Å². The van der Waals surface area contributed by atoms with Crippen LogP contribution >= 0.6 is 0 Å². The molecule has 0 spiro atoms. The molecule has 0 unspecified atom stereocenters. The molecule has 1 aliphatic rings. The molecule has 0 N–H and O–H groups in total. The van der Waals surface area contributed by atoms with Crippen LogP contribution in [0.3, 0.4) is 0 Å². The van der Waals surface area contributed by atoms with Crippen LogP contribution in [0.15, 0.2) is 48.5 Å². The minimum Gasteiger partial charge on any atom is -0.304 e. The Balaban J connectivity index is 2.16. The van der Waals surface area contributed by atoms with E-state index in [1.54, 1.807) is 36.4 Å². The normalized spacial score (nSPS) is 15.9. The van der Waals surface area contributed by atoms with Gasteiger partial charge in [-0.05, 0) is 7.05 Å². The zero-order chi connectivity index (χ0) is 18.7. The van der Waals surface area contributed by atoms with Gasteiger partial charge in [0.1, 0.15) is 0 Å². The lowest BCUT2D eigenvalue weighted by molar-refractivity contribution is -0.387. The molecule has 3 rings (SSSR count). The molecular weight excluding hydrogens is 336 g/mol. The monoisotopic (exact) mass is 356 g/mol. The maximum Gasteiger partial charge on any atom is 0.274 e. The summed E-state index contributed by atoms with van der Waals surface area (Å²) in [7, 11) is 2.02. The highest BCUT2D eigenvalue weighted by atomic mass is 16.6. The minimum atomic E-state index is -0.535. The van der Waals surface area contributed by atoms with Crippen LogP contribution in [0.4, 0.5) is 11.4 Å². The third-order valence-corrected chi connectivity index (χ3v) is 4.76. The molecule has 2 aromatic rings. The highest BCUT2D eigenvalue weighted by molar-refractivity contribution is 5.52. The summed E-state index contributed by atoms with van der Waals surface area (Å²) in [6.45, 7) is 2.97. The quantitative estimate of drug-likeness (QED) is 0.604. The molecule has 1 heterocycles. The van der Waals surface area contributed by atoms with Crippen molar-refractivity contribution in [2.75, 3.05) is 33.2 Å². The Hall–Kier alpha value is -2.84. The number of rotatable bonds is 5. The summed E-state index contributed by atoms with van der Waals surface area (Å²) >= 11 is 0. The molecule has 0 aliphatic carbocycles. The number of nitrogens with zero attached hydrogens (tertiary/aromatic N) is 4. The van der Waals surface area contributed by atoms with Gasteiger partial charge in [0.2, 0.25) is 0 Å². The van der Waals surface area contributed by atoms with Crippen molar-refractivity contribution in [1.29, 1.82) is 0 Å². The summed E-state index contributed by atoms with van der Waals surface area (Å²) in [5.41, 5.74) is 0.928. The number of para-hydroxylation sites is 2. The van der Waals surface area contributed by atoms with Crippen molar-refractivity contribution in [3.05, 3.63) is 79.9 Å². The Kier molecular flexibility index (Phi) is 5.24. The van der Waals surface area contributed by atoms with Gasteiger partial charge in [-0.25, -0.2) is 0 Å². The maximum atomic E-state index is 11.6. The molecule has 8 nitrogen and oxygen atoms in total. The summed E-state index contributed by atoms with van der Waals surface area (Å²) < 4.78 is 0. The van der Waals surface area contributed by atoms with Crippen molar-refractivity contribution >= 4 is 11.4 Å². The Morgan fingerprint density at radius 1 is 0.808 bits per heavy atom. The second kappa shape index (κ2) is 7.59. The van der Waals surface area contributed by atoms with E-state index in [2.05, 4.69) is 9.80 Å². The highest BCUT2D eigenvalue weighted by Crippen LogP contribution is 2.38. The zero-order valence-electron chi connectivity index (χ0n) is 14.4. The number of likely N-dealkylation sites (N-methyl/N-ethyl adjacent to an activating group) is 1. The van der Waals surface area contributed by atoms with Crippen LogP contribution in [-0.4, -0.2) is 52.9 Å². The van der Waals surface area contributed by atoms with Gasteiger partial charge in [-0.1, -0.05) is 36.4 Å². The summed E-state index contributed by atoms with van der Waals surface area (Å²) in [6, 6.07) is 12.5. The van der Waals surface area contributed by atoms with E-state index in [9.17, 15) is 20.2 Å². The second-order valence-electron chi connectivity index (χ2n) is 6.37. The summed E-state index contributed by atoms with van der Waals surface area (Å²) in [5, 5.41) is 23.1. The Morgan fingerprint density at radius 3 is 1.65 bits per heavy atom. The van der Waals surface area contributed by atoms with Crippen LogP contribution in [0.1, 0.15) is 17.2 Å². The van der Waals surface area contributed by atoms with Crippen LogP contribution in [0.2, 0.25) is 0 Å². The fraction of sp³-hybridized carbons (Fsp3) is 0.333. The van der Waals surface area contributed by atoms with Gasteiger partial charge in [-0.3, -0.25) is 25.1 Å². The predicted molar refractivity (Wildman–Crippen MR) is 97.1 cm³/mol. The molecular formula is C18H20N4O4. The van der Waals surface area contributed by atoms with E-state index in [0.717, 1.165) is 13.1 Å². The first-order valence-electron chi connectivity index (χ1n) is 8.38. The average Bonchev–Trinajstić information content (AvgIpc) is 2.64. The second-order valence-corrected chi connectivity index (χ2v) is 6.37. The van der Waals surface area contributed by atoms with E-state index in [1.165, 1.54) is 12.1 Å². The minimum absolute atomic E-state index is 0.0189. The van der Waals surface area contributed by atoms with E-state index < -0.39 is 15.9 Å². The van der Waals surface area contributed by atoms with Crippen LogP contribution < -0.4 is 0 Å². The molecule has 0 amide bonds. The van der Waals surface area contributed by atoms with Crippen LogP contribution in [0.25, 0.3) is 0 Å². The van der Waals surface area contributed by atoms with Crippen LogP contribution in [-0.2, 0) is 0 Å². The fourth-order valence-corrected chi connectivity index (χ4v) is 3.41. The Bertz CT molecular complexity index is 761. The predicted octanol–water partition coefficient (Wildman–Crippen LogP) is 2.84. The molecule has 8 heteroatoms. The largest absolute Gasteiger partial charge is 0.304 e. The number of piperazine rings is 1.